The first kappa shape index (κ1) is 16.9. The predicted molar refractivity (Wildman–Crippen MR) is 106 cm³/mol. The molecule has 1 aromatic carbocycles. The molecular formula is C22H27N5. The molecule has 0 unspecified atom stereocenters. The van der Waals surface area contributed by atoms with E-state index < -0.39 is 0 Å². The van der Waals surface area contributed by atoms with Gasteiger partial charge in [-0.1, -0.05) is 37.5 Å². The highest BCUT2D eigenvalue weighted by atomic mass is 15.3. The van der Waals surface area contributed by atoms with E-state index in [9.17, 15) is 0 Å². The predicted octanol–water partition coefficient (Wildman–Crippen LogP) is 3.97. The standard InChI is InChI=1S/C22H27N5/c1-26-21-10-6-5-9-18(21)20(25-26)15-27-12-11-19-17(14-27)13-23-22(24-19)16-7-3-2-4-8-16/h5-6,9-10,13,16H,2-4,7-8,11-12,14-15H2,1H3. The number of fused-ring (bicyclic) bond motifs is 2. The van der Waals surface area contributed by atoms with Gasteiger partial charge >= 0.3 is 0 Å². The van der Waals surface area contributed by atoms with E-state index in [0.717, 1.165) is 37.6 Å². The summed E-state index contributed by atoms with van der Waals surface area (Å²) in [7, 11) is 2.03. The molecule has 0 spiro atoms. The van der Waals surface area contributed by atoms with Crippen molar-refractivity contribution >= 4 is 10.9 Å². The van der Waals surface area contributed by atoms with Crippen molar-refractivity contribution in [2.75, 3.05) is 6.54 Å². The first-order chi connectivity index (χ1) is 13.3. The molecule has 0 N–H and O–H groups in total. The third-order valence-corrected chi connectivity index (χ3v) is 6.21. The minimum Gasteiger partial charge on any atom is -0.293 e. The van der Waals surface area contributed by atoms with Crippen LogP contribution in [-0.2, 0) is 26.6 Å². The number of rotatable bonds is 3. The van der Waals surface area contributed by atoms with E-state index in [-0.39, 0.29) is 0 Å². The lowest BCUT2D eigenvalue weighted by atomic mass is 9.88. The molecule has 5 nitrogen and oxygen atoms in total. The SMILES string of the molecule is Cn1nc(CN2CCc3nc(C4CCCCC4)ncc3C2)c2ccccc21. The second-order valence-corrected chi connectivity index (χ2v) is 8.08. The fourth-order valence-electron chi connectivity index (χ4n) is 4.70. The lowest BCUT2D eigenvalue weighted by Crippen LogP contribution is -2.31. The molecule has 0 radical (unpaired) electrons. The van der Waals surface area contributed by atoms with Gasteiger partial charge in [0.25, 0.3) is 0 Å². The maximum atomic E-state index is 4.97. The summed E-state index contributed by atoms with van der Waals surface area (Å²) in [5, 5.41) is 6.02. The zero-order valence-electron chi connectivity index (χ0n) is 16.1. The summed E-state index contributed by atoms with van der Waals surface area (Å²) in [6.07, 6.45) is 9.67. The van der Waals surface area contributed by atoms with Crippen LogP contribution in [0.3, 0.4) is 0 Å². The average molecular weight is 361 g/mol. The van der Waals surface area contributed by atoms with E-state index in [1.54, 1.807) is 0 Å². The first-order valence-electron chi connectivity index (χ1n) is 10.3. The number of nitrogens with zero attached hydrogens (tertiary/aromatic N) is 5. The van der Waals surface area contributed by atoms with Crippen LogP contribution in [0, 0.1) is 0 Å². The summed E-state index contributed by atoms with van der Waals surface area (Å²) in [5.74, 6) is 1.68. The Morgan fingerprint density at radius 3 is 2.85 bits per heavy atom. The molecule has 0 bridgehead atoms. The van der Waals surface area contributed by atoms with Gasteiger partial charge in [0.1, 0.15) is 5.82 Å². The van der Waals surface area contributed by atoms with Gasteiger partial charge in [0.2, 0.25) is 0 Å². The van der Waals surface area contributed by atoms with Gasteiger partial charge in [-0.25, -0.2) is 9.97 Å². The Kier molecular flexibility index (Phi) is 4.40. The third kappa shape index (κ3) is 3.25. The van der Waals surface area contributed by atoms with Gasteiger partial charge in [-0.05, 0) is 18.9 Å². The van der Waals surface area contributed by atoms with E-state index in [2.05, 4.69) is 35.4 Å². The Labute approximate surface area is 160 Å². The number of hydrogen-bond acceptors (Lipinski definition) is 4. The smallest absolute Gasteiger partial charge is 0.131 e. The molecule has 0 saturated heterocycles. The van der Waals surface area contributed by atoms with Gasteiger partial charge in [-0.2, -0.15) is 5.10 Å². The Morgan fingerprint density at radius 1 is 1.11 bits per heavy atom. The highest BCUT2D eigenvalue weighted by Crippen LogP contribution is 2.31. The fraction of sp³-hybridized carbons (Fsp3) is 0.500. The van der Waals surface area contributed by atoms with Crippen LogP contribution in [0.1, 0.15) is 60.8 Å². The van der Waals surface area contributed by atoms with Crippen molar-refractivity contribution in [2.24, 2.45) is 7.05 Å². The molecule has 27 heavy (non-hydrogen) atoms. The molecule has 1 saturated carbocycles. The van der Waals surface area contributed by atoms with E-state index in [1.165, 1.54) is 54.3 Å². The number of benzene rings is 1. The third-order valence-electron chi connectivity index (χ3n) is 6.21. The van der Waals surface area contributed by atoms with Crippen LogP contribution in [0.5, 0.6) is 0 Å². The van der Waals surface area contributed by atoms with Crippen LogP contribution in [0.4, 0.5) is 0 Å². The van der Waals surface area contributed by atoms with Crippen molar-refractivity contribution in [2.45, 2.75) is 57.5 Å². The number of aromatic nitrogens is 4. The van der Waals surface area contributed by atoms with Crippen LogP contribution >= 0.6 is 0 Å². The van der Waals surface area contributed by atoms with Crippen molar-refractivity contribution in [3.8, 4) is 0 Å². The lowest BCUT2D eigenvalue weighted by molar-refractivity contribution is 0.239. The summed E-state index contributed by atoms with van der Waals surface area (Å²) in [4.78, 5) is 12.2. The highest BCUT2D eigenvalue weighted by molar-refractivity contribution is 5.81. The maximum absolute atomic E-state index is 4.97. The molecule has 1 fully saturated rings. The lowest BCUT2D eigenvalue weighted by Gasteiger charge is -2.28. The highest BCUT2D eigenvalue weighted by Gasteiger charge is 2.23. The summed E-state index contributed by atoms with van der Waals surface area (Å²) < 4.78 is 1.99. The maximum Gasteiger partial charge on any atom is 0.131 e. The summed E-state index contributed by atoms with van der Waals surface area (Å²) in [6.45, 7) is 2.84. The zero-order valence-corrected chi connectivity index (χ0v) is 16.1. The van der Waals surface area contributed by atoms with Crippen molar-refractivity contribution in [1.82, 2.24) is 24.6 Å². The van der Waals surface area contributed by atoms with E-state index in [1.807, 2.05) is 11.7 Å². The number of aryl methyl sites for hydroxylation is 1. The quantitative estimate of drug-likeness (QED) is 0.708. The van der Waals surface area contributed by atoms with Gasteiger partial charge in [0.05, 0.1) is 11.2 Å². The molecule has 1 aliphatic carbocycles. The van der Waals surface area contributed by atoms with Gasteiger partial charge in [-0.15, -0.1) is 0 Å². The second kappa shape index (κ2) is 7.04. The average Bonchev–Trinajstić information content (AvgIpc) is 3.04. The van der Waals surface area contributed by atoms with Crippen LogP contribution in [-0.4, -0.2) is 31.2 Å². The Bertz CT molecular complexity index is 954. The van der Waals surface area contributed by atoms with Crippen LogP contribution in [0.15, 0.2) is 30.5 Å². The van der Waals surface area contributed by atoms with E-state index >= 15 is 0 Å². The number of para-hydroxylation sites is 1. The molecular weight excluding hydrogens is 334 g/mol. The van der Waals surface area contributed by atoms with Gasteiger partial charge in [-0.3, -0.25) is 9.58 Å². The Hall–Kier alpha value is -2.27. The molecule has 0 atom stereocenters. The van der Waals surface area contributed by atoms with Crippen molar-refractivity contribution in [1.29, 1.82) is 0 Å². The zero-order chi connectivity index (χ0) is 18.2. The normalized spacial score (nSPS) is 18.7. The molecule has 3 aromatic rings. The topological polar surface area (TPSA) is 46.8 Å². The largest absolute Gasteiger partial charge is 0.293 e. The van der Waals surface area contributed by atoms with Crippen LogP contribution in [0.25, 0.3) is 10.9 Å². The van der Waals surface area contributed by atoms with Gasteiger partial charge in [0.15, 0.2) is 0 Å². The van der Waals surface area contributed by atoms with Crippen molar-refractivity contribution in [3.63, 3.8) is 0 Å². The summed E-state index contributed by atoms with van der Waals surface area (Å²) in [5.41, 5.74) is 4.93. The number of hydrogen-bond donors (Lipinski definition) is 0. The summed E-state index contributed by atoms with van der Waals surface area (Å²) in [6, 6.07) is 8.49. The molecule has 140 valence electrons. The molecule has 1 aliphatic heterocycles. The molecule has 5 heteroatoms. The van der Waals surface area contributed by atoms with E-state index in [0.29, 0.717) is 5.92 Å². The fourth-order valence-corrected chi connectivity index (χ4v) is 4.70. The molecule has 3 heterocycles. The molecule has 2 aliphatic rings. The Balaban J connectivity index is 1.33. The Morgan fingerprint density at radius 2 is 1.96 bits per heavy atom. The van der Waals surface area contributed by atoms with Gasteiger partial charge < -0.3 is 0 Å². The van der Waals surface area contributed by atoms with Crippen LogP contribution < -0.4 is 0 Å². The minimum absolute atomic E-state index is 0.585. The second-order valence-electron chi connectivity index (χ2n) is 8.08. The summed E-state index contributed by atoms with van der Waals surface area (Å²) >= 11 is 0. The first-order valence-corrected chi connectivity index (χ1v) is 10.3. The minimum atomic E-state index is 0.585. The van der Waals surface area contributed by atoms with E-state index in [4.69, 9.17) is 15.1 Å². The molecule has 2 aromatic heterocycles. The van der Waals surface area contributed by atoms with Crippen LogP contribution in [0.2, 0.25) is 0 Å². The molecule has 0 amide bonds. The monoisotopic (exact) mass is 361 g/mol. The van der Waals surface area contributed by atoms with Gasteiger partial charge in [0, 0.05) is 61.9 Å². The van der Waals surface area contributed by atoms with Crippen molar-refractivity contribution < 1.29 is 0 Å². The van der Waals surface area contributed by atoms with Crippen molar-refractivity contribution in [3.05, 3.63) is 53.2 Å². The molecule has 5 rings (SSSR count).